The summed E-state index contributed by atoms with van der Waals surface area (Å²) >= 11 is 0. The Morgan fingerprint density at radius 3 is 2.17 bits per heavy atom. The van der Waals surface area contributed by atoms with Gasteiger partial charge in [-0.15, -0.1) is 0 Å². The van der Waals surface area contributed by atoms with E-state index >= 15 is 0 Å². The van der Waals surface area contributed by atoms with Gasteiger partial charge < -0.3 is 5.32 Å². The van der Waals surface area contributed by atoms with Gasteiger partial charge in [-0.3, -0.25) is 4.79 Å². The lowest BCUT2D eigenvalue weighted by molar-refractivity contribution is -0.116. The third-order valence-corrected chi connectivity index (χ3v) is 4.83. The average molecular weight is 340 g/mol. The molecular weight excluding hydrogens is 312 g/mol. The summed E-state index contributed by atoms with van der Waals surface area (Å²) in [6.45, 7) is 8.57. The SMILES string of the molecule is CCCCN(CC(=O)Nc1ccc(C(C)(C)C)cc1)S(C)(=O)=O. The number of nitrogens with one attached hydrogen (secondary N) is 1. The van der Waals surface area contributed by atoms with Gasteiger partial charge in [-0.05, 0) is 29.5 Å². The number of hydrogen-bond donors (Lipinski definition) is 1. The van der Waals surface area contributed by atoms with Gasteiger partial charge in [0, 0.05) is 12.2 Å². The van der Waals surface area contributed by atoms with E-state index in [0.29, 0.717) is 12.2 Å². The topological polar surface area (TPSA) is 66.5 Å². The number of anilines is 1. The van der Waals surface area contributed by atoms with E-state index in [1.807, 2.05) is 31.2 Å². The number of carbonyl (C=O) groups excluding carboxylic acids is 1. The molecule has 1 amide bonds. The van der Waals surface area contributed by atoms with Crippen molar-refractivity contribution in [1.82, 2.24) is 4.31 Å². The van der Waals surface area contributed by atoms with Gasteiger partial charge in [-0.25, -0.2) is 8.42 Å². The first kappa shape index (κ1) is 19.6. The molecule has 0 fully saturated rings. The second-order valence-electron chi connectivity index (χ2n) is 6.83. The van der Waals surface area contributed by atoms with Crippen LogP contribution in [0.2, 0.25) is 0 Å². The van der Waals surface area contributed by atoms with Crippen LogP contribution in [0.15, 0.2) is 24.3 Å². The van der Waals surface area contributed by atoms with Gasteiger partial charge in [-0.2, -0.15) is 4.31 Å². The summed E-state index contributed by atoms with van der Waals surface area (Å²) in [6, 6.07) is 7.63. The minimum Gasteiger partial charge on any atom is -0.325 e. The Labute approximate surface area is 140 Å². The number of nitrogens with zero attached hydrogens (tertiary/aromatic N) is 1. The Morgan fingerprint density at radius 1 is 1.17 bits per heavy atom. The molecule has 0 aliphatic carbocycles. The first-order chi connectivity index (χ1) is 10.5. The molecule has 0 unspecified atom stereocenters. The highest BCUT2D eigenvalue weighted by molar-refractivity contribution is 7.88. The summed E-state index contributed by atoms with van der Waals surface area (Å²) in [6.07, 6.45) is 2.75. The van der Waals surface area contributed by atoms with E-state index in [1.54, 1.807) is 0 Å². The van der Waals surface area contributed by atoms with Crippen molar-refractivity contribution >= 4 is 21.6 Å². The molecule has 0 bridgehead atoms. The second-order valence-corrected chi connectivity index (χ2v) is 8.81. The molecule has 0 saturated heterocycles. The lowest BCUT2D eigenvalue weighted by Crippen LogP contribution is -2.38. The van der Waals surface area contributed by atoms with Crippen molar-refractivity contribution in [2.75, 3.05) is 24.7 Å². The molecule has 0 aromatic heterocycles. The molecule has 0 radical (unpaired) electrons. The van der Waals surface area contributed by atoms with Crippen LogP contribution in [-0.4, -0.2) is 38.0 Å². The van der Waals surface area contributed by atoms with Crippen molar-refractivity contribution in [1.29, 1.82) is 0 Å². The molecule has 6 heteroatoms. The lowest BCUT2D eigenvalue weighted by atomic mass is 9.87. The average Bonchev–Trinajstić information content (AvgIpc) is 2.41. The van der Waals surface area contributed by atoms with Gasteiger partial charge in [0.15, 0.2) is 0 Å². The second kappa shape index (κ2) is 7.93. The largest absolute Gasteiger partial charge is 0.325 e. The smallest absolute Gasteiger partial charge is 0.239 e. The summed E-state index contributed by atoms with van der Waals surface area (Å²) in [5.41, 5.74) is 1.90. The Bertz CT molecular complexity index is 616. The molecule has 0 aliphatic heterocycles. The van der Waals surface area contributed by atoms with Crippen LogP contribution in [0.1, 0.15) is 46.1 Å². The minimum atomic E-state index is -3.38. The zero-order valence-corrected chi connectivity index (χ0v) is 15.5. The Kier molecular flexibility index (Phi) is 6.77. The maximum atomic E-state index is 12.1. The van der Waals surface area contributed by atoms with Gasteiger partial charge in [0.25, 0.3) is 0 Å². The van der Waals surface area contributed by atoms with Gasteiger partial charge in [-0.1, -0.05) is 46.2 Å². The highest BCUT2D eigenvalue weighted by Crippen LogP contribution is 2.23. The summed E-state index contributed by atoms with van der Waals surface area (Å²) < 4.78 is 24.7. The van der Waals surface area contributed by atoms with Crippen LogP contribution in [0.3, 0.4) is 0 Å². The molecule has 1 N–H and O–H groups in total. The van der Waals surface area contributed by atoms with Crippen LogP contribution in [0.4, 0.5) is 5.69 Å². The van der Waals surface area contributed by atoms with Gasteiger partial charge in [0.1, 0.15) is 0 Å². The van der Waals surface area contributed by atoms with Crippen LogP contribution >= 0.6 is 0 Å². The molecule has 1 aromatic rings. The monoisotopic (exact) mass is 340 g/mol. The van der Waals surface area contributed by atoms with Gasteiger partial charge in [0.05, 0.1) is 12.8 Å². The van der Waals surface area contributed by atoms with E-state index in [-0.39, 0.29) is 17.9 Å². The Hall–Kier alpha value is -1.40. The molecule has 0 atom stereocenters. The van der Waals surface area contributed by atoms with Crippen LogP contribution in [0, 0.1) is 0 Å². The quantitative estimate of drug-likeness (QED) is 0.830. The molecular formula is C17H28N2O3S. The van der Waals surface area contributed by atoms with Crippen LogP contribution in [0.5, 0.6) is 0 Å². The third-order valence-electron chi connectivity index (χ3n) is 3.58. The molecule has 1 aromatic carbocycles. The predicted octanol–water partition coefficient (Wildman–Crippen LogP) is 2.98. The number of amides is 1. The number of rotatable bonds is 7. The lowest BCUT2D eigenvalue weighted by Gasteiger charge is -2.20. The van der Waals surface area contributed by atoms with Crippen molar-refractivity contribution in [2.24, 2.45) is 0 Å². The van der Waals surface area contributed by atoms with Crippen molar-refractivity contribution in [3.05, 3.63) is 29.8 Å². The number of hydrogen-bond acceptors (Lipinski definition) is 3. The minimum absolute atomic E-state index is 0.0514. The first-order valence-corrected chi connectivity index (χ1v) is 9.74. The van der Waals surface area contributed by atoms with E-state index in [0.717, 1.165) is 19.1 Å². The number of benzene rings is 1. The van der Waals surface area contributed by atoms with Gasteiger partial charge in [0.2, 0.25) is 15.9 Å². The molecule has 1 rings (SSSR count). The number of unbranched alkanes of at least 4 members (excludes halogenated alkanes) is 1. The third kappa shape index (κ3) is 6.71. The Morgan fingerprint density at radius 2 is 1.74 bits per heavy atom. The van der Waals surface area contributed by atoms with E-state index < -0.39 is 10.0 Å². The summed E-state index contributed by atoms with van der Waals surface area (Å²) in [4.78, 5) is 12.1. The molecule has 0 heterocycles. The van der Waals surface area contributed by atoms with Crippen molar-refractivity contribution in [3.63, 3.8) is 0 Å². The first-order valence-electron chi connectivity index (χ1n) is 7.89. The number of carbonyl (C=O) groups is 1. The molecule has 0 spiro atoms. The van der Waals surface area contributed by atoms with Crippen molar-refractivity contribution in [2.45, 2.75) is 46.0 Å². The van der Waals surface area contributed by atoms with Crippen molar-refractivity contribution < 1.29 is 13.2 Å². The molecule has 130 valence electrons. The van der Waals surface area contributed by atoms with Crippen LogP contribution < -0.4 is 5.32 Å². The highest BCUT2D eigenvalue weighted by atomic mass is 32.2. The fourth-order valence-corrected chi connectivity index (χ4v) is 2.92. The van der Waals surface area contributed by atoms with E-state index in [9.17, 15) is 13.2 Å². The zero-order chi connectivity index (χ0) is 17.7. The maximum absolute atomic E-state index is 12.1. The van der Waals surface area contributed by atoms with Crippen LogP contribution in [0.25, 0.3) is 0 Å². The van der Waals surface area contributed by atoms with Gasteiger partial charge >= 0.3 is 0 Å². The van der Waals surface area contributed by atoms with E-state index in [2.05, 4.69) is 26.1 Å². The molecule has 5 nitrogen and oxygen atoms in total. The predicted molar refractivity (Wildman–Crippen MR) is 95.1 cm³/mol. The molecule has 23 heavy (non-hydrogen) atoms. The van der Waals surface area contributed by atoms with Crippen molar-refractivity contribution in [3.8, 4) is 0 Å². The normalized spacial score (nSPS) is 12.4. The van der Waals surface area contributed by atoms with Crippen LogP contribution in [-0.2, 0) is 20.2 Å². The Balaban J connectivity index is 2.71. The highest BCUT2D eigenvalue weighted by Gasteiger charge is 2.19. The molecule has 0 saturated carbocycles. The standard InChI is InChI=1S/C17H28N2O3S/c1-6-7-12-19(23(5,21)22)13-16(20)18-15-10-8-14(9-11-15)17(2,3)4/h8-11H,6-7,12-13H2,1-5H3,(H,18,20). The fourth-order valence-electron chi connectivity index (χ4n) is 2.11. The summed E-state index contributed by atoms with van der Waals surface area (Å²) in [7, 11) is -3.38. The molecule has 0 aliphatic rings. The zero-order valence-electron chi connectivity index (χ0n) is 14.7. The van der Waals surface area contributed by atoms with E-state index in [4.69, 9.17) is 0 Å². The summed E-state index contributed by atoms with van der Waals surface area (Å²) in [5, 5.41) is 2.75. The summed E-state index contributed by atoms with van der Waals surface area (Å²) in [5.74, 6) is -0.324. The van der Waals surface area contributed by atoms with E-state index in [1.165, 1.54) is 9.87 Å². The fraction of sp³-hybridized carbons (Fsp3) is 0.588. The maximum Gasteiger partial charge on any atom is 0.239 e. The number of sulfonamides is 1.